The zero-order valence-corrected chi connectivity index (χ0v) is 20.6. The summed E-state index contributed by atoms with van der Waals surface area (Å²) in [6.45, 7) is 0.726. The number of carbonyl (C=O) groups excluding carboxylic acids is 4. The van der Waals surface area contributed by atoms with E-state index in [0.29, 0.717) is 17.5 Å². The second-order valence-corrected chi connectivity index (χ2v) is 10.8. The van der Waals surface area contributed by atoms with E-state index < -0.39 is 29.7 Å². The number of benzene rings is 1. The normalized spacial score (nSPS) is 24.9. The SMILES string of the molecule is Nc1cnc2c(c1)c(C1CC1)nn2[C@H]1C[C@H](CNc2ccc3c(c2)C(=O)N(C2CCC(=O)NC2=O)C3=O)C1. The summed E-state index contributed by atoms with van der Waals surface area (Å²) in [6.07, 6.45) is 6.18. The van der Waals surface area contributed by atoms with Gasteiger partial charge in [0.05, 0.1) is 34.7 Å². The predicted octanol–water partition coefficient (Wildman–Crippen LogP) is 2.36. The van der Waals surface area contributed by atoms with E-state index in [2.05, 4.69) is 20.3 Å². The molecule has 1 saturated heterocycles. The molecule has 3 aromatic rings. The number of fused-ring (bicyclic) bond motifs is 2. The monoisotopic (exact) mass is 513 g/mol. The maximum atomic E-state index is 13.1. The van der Waals surface area contributed by atoms with Crippen molar-refractivity contribution in [3.8, 4) is 0 Å². The highest BCUT2D eigenvalue weighted by Crippen LogP contribution is 2.45. The first-order valence-corrected chi connectivity index (χ1v) is 13.1. The van der Waals surface area contributed by atoms with Gasteiger partial charge in [0.15, 0.2) is 5.65 Å². The van der Waals surface area contributed by atoms with E-state index in [-0.39, 0.29) is 30.0 Å². The van der Waals surface area contributed by atoms with Gasteiger partial charge in [-0.15, -0.1) is 0 Å². The van der Waals surface area contributed by atoms with E-state index in [4.69, 9.17) is 10.8 Å². The molecule has 2 aliphatic heterocycles. The lowest BCUT2D eigenvalue weighted by molar-refractivity contribution is -0.136. The summed E-state index contributed by atoms with van der Waals surface area (Å²) in [5.74, 6) is -1.06. The van der Waals surface area contributed by atoms with Crippen molar-refractivity contribution in [3.63, 3.8) is 0 Å². The van der Waals surface area contributed by atoms with Crippen LogP contribution in [0.4, 0.5) is 11.4 Å². The molecule has 4 heterocycles. The smallest absolute Gasteiger partial charge is 0.262 e. The molecule has 4 aliphatic rings. The van der Waals surface area contributed by atoms with Crippen LogP contribution in [0.2, 0.25) is 0 Å². The van der Waals surface area contributed by atoms with Gasteiger partial charge in [0, 0.05) is 30.0 Å². The predicted molar refractivity (Wildman–Crippen MR) is 137 cm³/mol. The van der Waals surface area contributed by atoms with Crippen LogP contribution in [0.5, 0.6) is 0 Å². The van der Waals surface area contributed by atoms with Gasteiger partial charge in [0.2, 0.25) is 11.8 Å². The van der Waals surface area contributed by atoms with E-state index in [0.717, 1.165) is 59.5 Å². The lowest BCUT2D eigenvalue weighted by atomic mass is 9.80. The Bertz CT molecular complexity index is 1540. The molecule has 194 valence electrons. The molecule has 0 bridgehead atoms. The summed E-state index contributed by atoms with van der Waals surface area (Å²) in [7, 11) is 0. The fourth-order valence-electron chi connectivity index (χ4n) is 5.89. The Morgan fingerprint density at radius 3 is 2.58 bits per heavy atom. The molecule has 3 fully saturated rings. The molecule has 1 unspecified atom stereocenters. The van der Waals surface area contributed by atoms with E-state index >= 15 is 0 Å². The molecular formula is C27H27N7O4. The number of nitrogens with one attached hydrogen (secondary N) is 2. The van der Waals surface area contributed by atoms with Crippen molar-refractivity contribution in [2.24, 2.45) is 5.92 Å². The number of amides is 4. The first-order valence-electron chi connectivity index (χ1n) is 13.1. The minimum atomic E-state index is -0.965. The Labute approximate surface area is 217 Å². The van der Waals surface area contributed by atoms with Crippen molar-refractivity contribution in [1.29, 1.82) is 0 Å². The van der Waals surface area contributed by atoms with Crippen LogP contribution in [-0.2, 0) is 9.59 Å². The van der Waals surface area contributed by atoms with Crippen LogP contribution in [0.25, 0.3) is 11.0 Å². The highest BCUT2D eigenvalue weighted by molar-refractivity contribution is 6.23. The Morgan fingerprint density at radius 2 is 1.82 bits per heavy atom. The average molecular weight is 514 g/mol. The van der Waals surface area contributed by atoms with Crippen molar-refractivity contribution < 1.29 is 19.2 Å². The Kier molecular flexibility index (Phi) is 5.04. The van der Waals surface area contributed by atoms with E-state index in [9.17, 15) is 19.2 Å². The van der Waals surface area contributed by atoms with Crippen LogP contribution >= 0.6 is 0 Å². The number of nitrogens with zero attached hydrogens (tertiary/aromatic N) is 4. The molecular weight excluding hydrogens is 486 g/mol. The topological polar surface area (TPSA) is 152 Å². The number of rotatable bonds is 6. The minimum absolute atomic E-state index is 0.0966. The fourth-order valence-corrected chi connectivity index (χ4v) is 5.89. The van der Waals surface area contributed by atoms with Crippen LogP contribution in [-0.4, -0.2) is 55.9 Å². The fraction of sp³-hybridized carbons (Fsp3) is 0.407. The molecule has 4 amide bonds. The molecule has 7 rings (SSSR count). The molecule has 1 aromatic carbocycles. The third-order valence-electron chi connectivity index (χ3n) is 8.15. The van der Waals surface area contributed by atoms with Crippen LogP contribution in [0, 0.1) is 5.92 Å². The summed E-state index contributed by atoms with van der Waals surface area (Å²) < 4.78 is 2.07. The van der Waals surface area contributed by atoms with Gasteiger partial charge in [-0.05, 0) is 62.3 Å². The molecule has 2 aromatic heterocycles. The molecule has 38 heavy (non-hydrogen) atoms. The van der Waals surface area contributed by atoms with Crippen molar-refractivity contribution in [2.45, 2.75) is 56.5 Å². The summed E-state index contributed by atoms with van der Waals surface area (Å²) in [4.78, 5) is 55.3. The van der Waals surface area contributed by atoms with Crippen LogP contribution in [0.1, 0.15) is 76.9 Å². The summed E-state index contributed by atoms with van der Waals surface area (Å²) in [6, 6.07) is 6.39. The van der Waals surface area contributed by atoms with E-state index in [1.54, 1.807) is 24.4 Å². The van der Waals surface area contributed by atoms with Crippen molar-refractivity contribution in [2.75, 3.05) is 17.6 Å². The Morgan fingerprint density at radius 1 is 1.03 bits per heavy atom. The number of nitrogens with two attached hydrogens (primary N) is 1. The number of aromatic nitrogens is 3. The van der Waals surface area contributed by atoms with Gasteiger partial charge in [0.25, 0.3) is 11.8 Å². The number of anilines is 2. The molecule has 1 atom stereocenters. The summed E-state index contributed by atoms with van der Waals surface area (Å²) in [5, 5.41) is 11.6. The lowest BCUT2D eigenvalue weighted by Crippen LogP contribution is -2.54. The second-order valence-electron chi connectivity index (χ2n) is 10.8. The lowest BCUT2D eigenvalue weighted by Gasteiger charge is -2.35. The maximum Gasteiger partial charge on any atom is 0.262 e. The quantitative estimate of drug-likeness (QED) is 0.425. The van der Waals surface area contributed by atoms with E-state index in [1.165, 1.54) is 0 Å². The molecule has 0 spiro atoms. The third-order valence-corrected chi connectivity index (χ3v) is 8.15. The zero-order valence-electron chi connectivity index (χ0n) is 20.6. The first kappa shape index (κ1) is 22.9. The van der Waals surface area contributed by atoms with Gasteiger partial charge < -0.3 is 11.1 Å². The number of piperidine rings is 1. The Balaban J connectivity index is 1.01. The number of nitrogen functional groups attached to an aromatic ring is 1. The molecule has 2 aliphatic carbocycles. The minimum Gasteiger partial charge on any atom is -0.397 e. The highest BCUT2D eigenvalue weighted by atomic mass is 16.2. The Hall–Kier alpha value is -4.28. The number of carbonyl (C=O) groups is 4. The van der Waals surface area contributed by atoms with Crippen molar-refractivity contribution >= 4 is 46.0 Å². The number of hydrogen-bond donors (Lipinski definition) is 3. The largest absolute Gasteiger partial charge is 0.397 e. The number of imide groups is 2. The van der Waals surface area contributed by atoms with Crippen molar-refractivity contribution in [1.82, 2.24) is 25.0 Å². The van der Waals surface area contributed by atoms with Crippen molar-refractivity contribution in [3.05, 3.63) is 47.3 Å². The second kappa shape index (κ2) is 8.37. The standard InChI is InChI=1S/C27H27N7O4/c28-15-9-20-23(14-1-2-14)32-34(24(20)30-12-15)17-7-13(8-17)11-29-16-3-4-18-19(10-16)27(38)33(26(18)37)21-5-6-22(35)31-25(21)36/h3-4,9-10,12-14,17,21,29H,1-2,5-8,11,28H2,(H,31,35,36)/t13-,17-,21?. The van der Waals surface area contributed by atoms with Gasteiger partial charge in [-0.2, -0.15) is 5.10 Å². The number of hydrogen-bond acceptors (Lipinski definition) is 8. The summed E-state index contributed by atoms with van der Waals surface area (Å²) in [5.41, 5.74) is 9.96. The van der Waals surface area contributed by atoms with Gasteiger partial charge in [0.1, 0.15) is 6.04 Å². The van der Waals surface area contributed by atoms with Gasteiger partial charge >= 0.3 is 0 Å². The molecule has 2 saturated carbocycles. The maximum absolute atomic E-state index is 13.1. The molecule has 11 heteroatoms. The average Bonchev–Trinajstić information content (AvgIpc) is 3.61. The van der Waals surface area contributed by atoms with Crippen LogP contribution < -0.4 is 16.4 Å². The van der Waals surface area contributed by atoms with Crippen LogP contribution in [0.3, 0.4) is 0 Å². The third kappa shape index (κ3) is 3.64. The number of pyridine rings is 1. The molecule has 11 nitrogen and oxygen atoms in total. The molecule has 0 radical (unpaired) electrons. The van der Waals surface area contributed by atoms with E-state index in [1.807, 2.05) is 6.07 Å². The highest BCUT2D eigenvalue weighted by Gasteiger charge is 2.44. The van der Waals surface area contributed by atoms with Gasteiger partial charge in [-0.1, -0.05) is 0 Å². The van der Waals surface area contributed by atoms with Gasteiger partial charge in [-0.3, -0.25) is 29.4 Å². The zero-order chi connectivity index (χ0) is 26.1. The first-order chi connectivity index (χ1) is 18.4. The molecule has 4 N–H and O–H groups in total. The van der Waals surface area contributed by atoms with Crippen LogP contribution in [0.15, 0.2) is 30.5 Å². The summed E-state index contributed by atoms with van der Waals surface area (Å²) >= 11 is 0. The van der Waals surface area contributed by atoms with Gasteiger partial charge in [-0.25, -0.2) is 9.67 Å².